The van der Waals surface area contributed by atoms with Crippen LogP contribution in [0.15, 0.2) is 27.8 Å². The van der Waals surface area contributed by atoms with E-state index in [4.69, 9.17) is 4.74 Å². The third kappa shape index (κ3) is 4.45. The summed E-state index contributed by atoms with van der Waals surface area (Å²) in [5, 5.41) is 6.70. The number of aromatic nitrogens is 2. The molecule has 0 aliphatic carbocycles. The molecule has 2 heterocycles. The average Bonchev–Trinajstić information content (AvgIpc) is 2.67. The molecule has 1 saturated heterocycles. The lowest BCUT2D eigenvalue weighted by Gasteiger charge is -2.37. The zero-order chi connectivity index (χ0) is 19.4. The van der Waals surface area contributed by atoms with Crippen molar-refractivity contribution in [1.29, 1.82) is 0 Å². The molecule has 1 fully saturated rings. The molecule has 1 aromatic carbocycles. The average molecular weight is 411 g/mol. The summed E-state index contributed by atoms with van der Waals surface area (Å²) in [5.41, 5.74) is -0.113. The van der Waals surface area contributed by atoms with E-state index in [0.29, 0.717) is 36.2 Å². The van der Waals surface area contributed by atoms with Gasteiger partial charge in [0, 0.05) is 31.2 Å². The van der Waals surface area contributed by atoms with Gasteiger partial charge in [-0.05, 0) is 51.1 Å². The van der Waals surface area contributed by atoms with Crippen molar-refractivity contribution < 1.29 is 9.53 Å². The molecule has 1 aromatic heterocycles. The number of rotatable bonds is 6. The fraction of sp³-hybridized carbons (Fsp3) is 0.526. The number of carbonyl (C=O) groups is 1. The molecule has 0 atom stereocenters. The van der Waals surface area contributed by atoms with Crippen molar-refractivity contribution in [2.45, 2.75) is 26.3 Å². The first-order chi connectivity index (χ1) is 13.0. The molecule has 9 heteroatoms. The van der Waals surface area contributed by atoms with Crippen molar-refractivity contribution in [3.63, 3.8) is 0 Å². The highest BCUT2D eigenvalue weighted by atomic mass is 35.5. The van der Waals surface area contributed by atoms with Crippen molar-refractivity contribution in [2.24, 2.45) is 5.41 Å². The number of ether oxygens (including phenoxy) is 1. The summed E-state index contributed by atoms with van der Waals surface area (Å²) in [7, 11) is 1.67. The van der Waals surface area contributed by atoms with E-state index >= 15 is 0 Å². The zero-order valence-corrected chi connectivity index (χ0v) is 17.0. The van der Waals surface area contributed by atoms with Crippen LogP contribution >= 0.6 is 12.4 Å². The SMILES string of the molecule is CCn1c(=O)[nH]c2cc(C(=O)NCC3(COC)CCNCC3)ccc2c1=O.Cl. The van der Waals surface area contributed by atoms with Gasteiger partial charge in [0.2, 0.25) is 0 Å². The van der Waals surface area contributed by atoms with E-state index in [1.54, 1.807) is 32.2 Å². The molecule has 3 N–H and O–H groups in total. The molecule has 0 unspecified atom stereocenters. The maximum Gasteiger partial charge on any atom is 0.328 e. The molecule has 0 saturated carbocycles. The van der Waals surface area contributed by atoms with Gasteiger partial charge in [-0.25, -0.2) is 4.79 Å². The highest BCUT2D eigenvalue weighted by Gasteiger charge is 2.32. The standard InChI is InChI=1S/C19H26N4O4.ClH/c1-3-23-17(25)14-5-4-13(10-15(14)22-18(23)26)16(24)21-11-19(12-27-2)6-8-20-9-7-19;/h4-5,10,20H,3,6-9,11-12H2,1-2H3,(H,21,24)(H,22,26);1H. The summed E-state index contributed by atoms with van der Waals surface area (Å²) in [5.74, 6) is -0.230. The molecule has 1 amide bonds. The quantitative estimate of drug-likeness (QED) is 0.655. The van der Waals surface area contributed by atoms with Gasteiger partial charge in [0.15, 0.2) is 0 Å². The minimum atomic E-state index is -0.471. The minimum Gasteiger partial charge on any atom is -0.384 e. The Morgan fingerprint density at radius 1 is 1.29 bits per heavy atom. The molecular weight excluding hydrogens is 384 g/mol. The topological polar surface area (TPSA) is 105 Å². The number of piperidine rings is 1. The van der Waals surface area contributed by atoms with Crippen LogP contribution in [0.4, 0.5) is 0 Å². The Hall–Kier alpha value is -2.16. The highest BCUT2D eigenvalue weighted by molar-refractivity contribution is 5.97. The Morgan fingerprint density at radius 3 is 2.64 bits per heavy atom. The van der Waals surface area contributed by atoms with Gasteiger partial charge < -0.3 is 20.4 Å². The van der Waals surface area contributed by atoms with Crippen molar-refractivity contribution in [3.8, 4) is 0 Å². The van der Waals surface area contributed by atoms with E-state index in [9.17, 15) is 14.4 Å². The van der Waals surface area contributed by atoms with E-state index in [2.05, 4.69) is 15.6 Å². The lowest BCUT2D eigenvalue weighted by molar-refractivity contribution is 0.0512. The summed E-state index contributed by atoms with van der Waals surface area (Å²) in [6.45, 7) is 4.95. The van der Waals surface area contributed by atoms with Crippen LogP contribution in [-0.4, -0.2) is 48.8 Å². The number of nitrogens with one attached hydrogen (secondary N) is 3. The Labute approximate surface area is 169 Å². The summed E-state index contributed by atoms with van der Waals surface area (Å²) >= 11 is 0. The number of halogens is 1. The van der Waals surface area contributed by atoms with Crippen LogP contribution in [0, 0.1) is 5.41 Å². The monoisotopic (exact) mass is 410 g/mol. The Kier molecular flexibility index (Phi) is 7.40. The van der Waals surface area contributed by atoms with Crippen LogP contribution in [-0.2, 0) is 11.3 Å². The maximum atomic E-state index is 12.6. The molecule has 1 aliphatic rings. The molecule has 154 valence electrons. The van der Waals surface area contributed by atoms with Gasteiger partial charge in [-0.1, -0.05) is 0 Å². The van der Waals surface area contributed by atoms with Crippen molar-refractivity contribution in [1.82, 2.24) is 20.2 Å². The molecule has 2 aromatic rings. The highest BCUT2D eigenvalue weighted by Crippen LogP contribution is 2.28. The van der Waals surface area contributed by atoms with Crippen molar-refractivity contribution in [3.05, 3.63) is 44.6 Å². The number of hydrogen-bond acceptors (Lipinski definition) is 5. The fourth-order valence-corrected chi connectivity index (χ4v) is 3.69. The summed E-state index contributed by atoms with van der Waals surface area (Å²) in [4.78, 5) is 39.6. The summed E-state index contributed by atoms with van der Waals surface area (Å²) in [6.07, 6.45) is 1.87. The number of H-pyrrole nitrogens is 1. The molecule has 28 heavy (non-hydrogen) atoms. The van der Waals surface area contributed by atoms with Crippen molar-refractivity contribution in [2.75, 3.05) is 33.4 Å². The van der Waals surface area contributed by atoms with Crippen LogP contribution in [0.25, 0.3) is 10.9 Å². The zero-order valence-electron chi connectivity index (χ0n) is 16.2. The maximum absolute atomic E-state index is 12.6. The Balaban J connectivity index is 0.00000280. The second-order valence-corrected chi connectivity index (χ2v) is 7.11. The number of carbonyl (C=O) groups excluding carboxylic acids is 1. The second kappa shape index (κ2) is 9.36. The van der Waals surface area contributed by atoms with Gasteiger partial charge in [-0.15, -0.1) is 12.4 Å². The van der Waals surface area contributed by atoms with E-state index in [-0.39, 0.29) is 29.3 Å². The normalized spacial score (nSPS) is 15.8. The summed E-state index contributed by atoms with van der Waals surface area (Å²) < 4.78 is 6.51. The van der Waals surface area contributed by atoms with Crippen LogP contribution in [0.1, 0.15) is 30.1 Å². The lowest BCUT2D eigenvalue weighted by atomic mass is 9.79. The first-order valence-electron chi connectivity index (χ1n) is 9.24. The third-order valence-corrected chi connectivity index (χ3v) is 5.30. The number of hydrogen-bond donors (Lipinski definition) is 3. The van der Waals surface area contributed by atoms with Crippen LogP contribution in [0.3, 0.4) is 0 Å². The number of benzene rings is 1. The van der Waals surface area contributed by atoms with Gasteiger partial charge in [0.05, 0.1) is 17.5 Å². The number of fused-ring (bicyclic) bond motifs is 1. The Morgan fingerprint density at radius 2 is 2.00 bits per heavy atom. The third-order valence-electron chi connectivity index (χ3n) is 5.30. The fourth-order valence-electron chi connectivity index (χ4n) is 3.69. The van der Waals surface area contributed by atoms with Gasteiger partial charge in [0.1, 0.15) is 0 Å². The molecule has 0 bridgehead atoms. The van der Waals surface area contributed by atoms with Gasteiger partial charge in [0.25, 0.3) is 11.5 Å². The number of methoxy groups -OCH3 is 1. The van der Waals surface area contributed by atoms with Gasteiger partial charge >= 0.3 is 5.69 Å². The smallest absolute Gasteiger partial charge is 0.328 e. The van der Waals surface area contributed by atoms with Crippen LogP contribution < -0.4 is 21.9 Å². The molecule has 0 spiro atoms. The van der Waals surface area contributed by atoms with Crippen LogP contribution in [0.2, 0.25) is 0 Å². The van der Waals surface area contributed by atoms with E-state index in [1.165, 1.54) is 0 Å². The summed E-state index contributed by atoms with van der Waals surface area (Å²) in [6, 6.07) is 4.76. The van der Waals surface area contributed by atoms with Crippen LogP contribution in [0.5, 0.6) is 0 Å². The molecule has 0 radical (unpaired) electrons. The lowest BCUT2D eigenvalue weighted by Crippen LogP contribution is -2.47. The van der Waals surface area contributed by atoms with E-state index in [1.807, 2.05) is 0 Å². The number of aromatic amines is 1. The van der Waals surface area contributed by atoms with E-state index < -0.39 is 5.69 Å². The van der Waals surface area contributed by atoms with Gasteiger partial charge in [-0.3, -0.25) is 14.2 Å². The molecule has 8 nitrogen and oxygen atoms in total. The largest absolute Gasteiger partial charge is 0.384 e. The molecule has 3 rings (SSSR count). The number of nitrogens with zero attached hydrogens (tertiary/aromatic N) is 1. The minimum absolute atomic E-state index is 0. The first kappa shape index (κ1) is 22.1. The second-order valence-electron chi connectivity index (χ2n) is 7.11. The predicted octanol–water partition coefficient (Wildman–Crippen LogP) is 0.877. The van der Waals surface area contributed by atoms with Crippen molar-refractivity contribution >= 4 is 29.2 Å². The molecule has 1 aliphatic heterocycles. The Bertz CT molecular complexity index is 942. The first-order valence-corrected chi connectivity index (χ1v) is 9.24. The number of amides is 1. The predicted molar refractivity (Wildman–Crippen MR) is 110 cm³/mol. The van der Waals surface area contributed by atoms with E-state index in [0.717, 1.165) is 30.5 Å². The van der Waals surface area contributed by atoms with Gasteiger partial charge in [-0.2, -0.15) is 0 Å². The molecular formula is C19H27ClN4O4.